The smallest absolute Gasteiger partial charge is 0.277 e. The average molecular weight is 407 g/mol. The number of benzene rings is 2. The maximum Gasteiger partial charge on any atom is 0.277 e. The van der Waals surface area contributed by atoms with Crippen LogP contribution >= 0.6 is 11.6 Å². The summed E-state index contributed by atoms with van der Waals surface area (Å²) < 4.78 is 0. The van der Waals surface area contributed by atoms with Gasteiger partial charge in [-0.25, -0.2) is 0 Å². The third-order valence-electron chi connectivity index (χ3n) is 3.94. The molecule has 0 aliphatic heterocycles. The minimum Gasteiger partial charge on any atom is -0.333 e. The van der Waals surface area contributed by atoms with Crippen molar-refractivity contribution in [2.24, 2.45) is 0 Å². The second-order valence-electron chi connectivity index (χ2n) is 6.41. The van der Waals surface area contributed by atoms with Gasteiger partial charge in [0, 0.05) is 36.8 Å². The predicted octanol–water partition coefficient (Wildman–Crippen LogP) is 3.36. The molecule has 0 radical (unpaired) electrons. The van der Waals surface area contributed by atoms with E-state index in [1.165, 1.54) is 4.90 Å². The number of hydrogen-bond donors (Lipinski definition) is 0. The van der Waals surface area contributed by atoms with E-state index in [1.807, 2.05) is 19.0 Å². The van der Waals surface area contributed by atoms with E-state index in [4.69, 9.17) is 11.6 Å². The molecule has 2 aromatic carbocycles. The molecule has 9 nitrogen and oxygen atoms in total. The van der Waals surface area contributed by atoms with Crippen molar-refractivity contribution in [3.05, 3.63) is 78.8 Å². The van der Waals surface area contributed by atoms with Crippen LogP contribution in [0.2, 0.25) is 5.02 Å². The fraction of sp³-hybridized carbons (Fsp3) is 0.278. The number of carbonyl (C=O) groups excluding carboxylic acids is 1. The van der Waals surface area contributed by atoms with Crippen molar-refractivity contribution in [1.82, 2.24) is 9.80 Å². The number of non-ortho nitro benzene ring substituents is 2. The van der Waals surface area contributed by atoms with E-state index in [-0.39, 0.29) is 12.1 Å². The zero-order valence-corrected chi connectivity index (χ0v) is 16.1. The van der Waals surface area contributed by atoms with Gasteiger partial charge in [-0.05, 0) is 31.8 Å². The minimum absolute atomic E-state index is 0.110. The quantitative estimate of drug-likeness (QED) is 0.491. The highest BCUT2D eigenvalue weighted by atomic mass is 35.5. The van der Waals surface area contributed by atoms with Crippen LogP contribution in [0.4, 0.5) is 11.4 Å². The van der Waals surface area contributed by atoms with Crippen LogP contribution in [0.3, 0.4) is 0 Å². The largest absolute Gasteiger partial charge is 0.333 e. The number of rotatable bonds is 8. The maximum absolute atomic E-state index is 13.0. The van der Waals surface area contributed by atoms with Gasteiger partial charge in [0.1, 0.15) is 0 Å². The molecular weight excluding hydrogens is 388 g/mol. The molecule has 0 saturated heterocycles. The Hall–Kier alpha value is -3.04. The van der Waals surface area contributed by atoms with Crippen molar-refractivity contribution in [3.63, 3.8) is 0 Å². The Labute approximate surface area is 166 Å². The monoisotopic (exact) mass is 406 g/mol. The summed E-state index contributed by atoms with van der Waals surface area (Å²) in [6, 6.07) is 9.92. The Balaban J connectivity index is 2.40. The van der Waals surface area contributed by atoms with Crippen LogP contribution in [0.15, 0.2) is 42.5 Å². The summed E-state index contributed by atoms with van der Waals surface area (Å²) in [5.41, 5.74) is -0.345. The molecule has 28 heavy (non-hydrogen) atoms. The van der Waals surface area contributed by atoms with Gasteiger partial charge in [-0.1, -0.05) is 23.7 Å². The Morgan fingerprint density at radius 1 is 1.00 bits per heavy atom. The topological polar surface area (TPSA) is 110 Å². The van der Waals surface area contributed by atoms with E-state index < -0.39 is 27.1 Å². The van der Waals surface area contributed by atoms with E-state index in [0.717, 1.165) is 23.8 Å². The van der Waals surface area contributed by atoms with Crippen molar-refractivity contribution < 1.29 is 14.6 Å². The van der Waals surface area contributed by atoms with Gasteiger partial charge in [-0.15, -0.1) is 0 Å². The van der Waals surface area contributed by atoms with Crippen molar-refractivity contribution in [2.45, 2.75) is 6.54 Å². The molecule has 0 aromatic heterocycles. The molecule has 0 spiro atoms. The molecular formula is C18H19ClN4O5. The van der Waals surface area contributed by atoms with Crippen LogP contribution in [-0.4, -0.2) is 52.7 Å². The number of amides is 1. The second-order valence-corrected chi connectivity index (χ2v) is 6.85. The standard InChI is InChI=1S/C18H19ClN4O5/c1-20(2)6-7-21(12-13-4-3-5-15(19)8-13)18(24)14-9-16(22(25)26)11-17(10-14)23(27)28/h3-5,8-11H,6-7,12H2,1-2H3. The van der Waals surface area contributed by atoms with Crippen LogP contribution in [0.5, 0.6) is 0 Å². The van der Waals surface area contributed by atoms with Gasteiger partial charge in [-0.3, -0.25) is 25.0 Å². The van der Waals surface area contributed by atoms with Gasteiger partial charge < -0.3 is 9.80 Å². The van der Waals surface area contributed by atoms with Crippen LogP contribution in [-0.2, 0) is 6.54 Å². The SMILES string of the molecule is CN(C)CCN(Cc1cccc(Cl)c1)C(=O)c1cc([N+](=O)[O-])cc([N+](=O)[O-])c1. The summed E-state index contributed by atoms with van der Waals surface area (Å²) >= 11 is 6.00. The Morgan fingerprint density at radius 3 is 2.11 bits per heavy atom. The molecule has 0 heterocycles. The summed E-state index contributed by atoms with van der Waals surface area (Å²) in [6.07, 6.45) is 0. The van der Waals surface area contributed by atoms with Gasteiger partial charge in [0.15, 0.2) is 0 Å². The van der Waals surface area contributed by atoms with Crippen LogP contribution in [0.25, 0.3) is 0 Å². The summed E-state index contributed by atoms with van der Waals surface area (Å²) in [6.45, 7) is 1.09. The van der Waals surface area contributed by atoms with E-state index in [2.05, 4.69) is 0 Å². The second kappa shape index (κ2) is 9.25. The van der Waals surface area contributed by atoms with Crippen molar-refractivity contribution in [2.75, 3.05) is 27.2 Å². The lowest BCUT2D eigenvalue weighted by Gasteiger charge is -2.24. The van der Waals surface area contributed by atoms with Crippen molar-refractivity contribution in [3.8, 4) is 0 Å². The number of nitro benzene ring substituents is 2. The average Bonchev–Trinajstić information content (AvgIpc) is 2.64. The number of likely N-dealkylation sites (N-methyl/N-ethyl adjacent to an activating group) is 1. The maximum atomic E-state index is 13.0. The van der Waals surface area contributed by atoms with Gasteiger partial charge in [0.2, 0.25) is 0 Å². The lowest BCUT2D eigenvalue weighted by Crippen LogP contribution is -2.36. The number of hydrogen-bond acceptors (Lipinski definition) is 6. The number of nitro groups is 2. The summed E-state index contributed by atoms with van der Waals surface area (Å²) in [5, 5.41) is 22.7. The fourth-order valence-electron chi connectivity index (χ4n) is 2.54. The zero-order chi connectivity index (χ0) is 20.8. The molecule has 10 heteroatoms. The Bertz CT molecular complexity index is 871. The first-order valence-electron chi connectivity index (χ1n) is 8.29. The van der Waals surface area contributed by atoms with Gasteiger partial charge >= 0.3 is 0 Å². The van der Waals surface area contributed by atoms with Crippen LogP contribution in [0, 0.1) is 20.2 Å². The molecule has 148 valence electrons. The fourth-order valence-corrected chi connectivity index (χ4v) is 2.75. The molecule has 0 N–H and O–H groups in total. The summed E-state index contributed by atoms with van der Waals surface area (Å²) in [4.78, 5) is 37.1. The van der Waals surface area contributed by atoms with E-state index in [1.54, 1.807) is 24.3 Å². The van der Waals surface area contributed by atoms with E-state index >= 15 is 0 Å². The number of nitrogens with zero attached hydrogens (tertiary/aromatic N) is 4. The third-order valence-corrected chi connectivity index (χ3v) is 4.17. The molecule has 0 aliphatic rings. The highest BCUT2D eigenvalue weighted by Crippen LogP contribution is 2.24. The lowest BCUT2D eigenvalue weighted by atomic mass is 10.1. The lowest BCUT2D eigenvalue weighted by molar-refractivity contribution is -0.394. The Morgan fingerprint density at radius 2 is 1.61 bits per heavy atom. The molecule has 0 saturated carbocycles. The van der Waals surface area contributed by atoms with Crippen molar-refractivity contribution in [1.29, 1.82) is 0 Å². The molecule has 2 rings (SSSR count). The number of halogens is 1. The molecule has 0 unspecified atom stereocenters. The highest BCUT2D eigenvalue weighted by Gasteiger charge is 2.23. The summed E-state index contributed by atoms with van der Waals surface area (Å²) in [7, 11) is 3.69. The van der Waals surface area contributed by atoms with E-state index in [0.29, 0.717) is 18.1 Å². The molecule has 0 bridgehead atoms. The molecule has 0 atom stereocenters. The van der Waals surface area contributed by atoms with Crippen LogP contribution < -0.4 is 0 Å². The van der Waals surface area contributed by atoms with Crippen LogP contribution in [0.1, 0.15) is 15.9 Å². The van der Waals surface area contributed by atoms with E-state index in [9.17, 15) is 25.0 Å². The van der Waals surface area contributed by atoms with Gasteiger partial charge in [0.05, 0.1) is 21.5 Å². The predicted molar refractivity (Wildman–Crippen MR) is 104 cm³/mol. The zero-order valence-electron chi connectivity index (χ0n) is 15.4. The normalized spacial score (nSPS) is 10.7. The molecule has 1 amide bonds. The van der Waals surface area contributed by atoms with Gasteiger partial charge in [-0.2, -0.15) is 0 Å². The third kappa shape index (κ3) is 5.73. The first-order valence-corrected chi connectivity index (χ1v) is 8.67. The number of carbonyl (C=O) groups is 1. The first kappa shape index (κ1) is 21.3. The summed E-state index contributed by atoms with van der Waals surface area (Å²) in [5.74, 6) is -0.534. The van der Waals surface area contributed by atoms with Gasteiger partial charge in [0.25, 0.3) is 17.3 Å². The molecule has 2 aromatic rings. The minimum atomic E-state index is -0.759. The first-order chi connectivity index (χ1) is 13.2. The van der Waals surface area contributed by atoms with Crippen molar-refractivity contribution >= 4 is 28.9 Å². The molecule has 0 fully saturated rings. The molecule has 0 aliphatic carbocycles. The highest BCUT2D eigenvalue weighted by molar-refractivity contribution is 6.30. The Kier molecular flexibility index (Phi) is 7.02.